The first kappa shape index (κ1) is 16.8. The minimum absolute atomic E-state index is 0. The molecule has 0 amide bonds. The number of hydrogen-bond acceptors (Lipinski definition) is 0. The average Bonchev–Trinajstić information content (AvgIpc) is 2.25. The van der Waals surface area contributed by atoms with Crippen molar-refractivity contribution >= 4 is 23.3 Å². The van der Waals surface area contributed by atoms with Crippen LogP contribution in [0.25, 0.3) is 10.8 Å². The molecule has 0 unspecified atom stereocenters. The second-order valence-electron chi connectivity index (χ2n) is 8.09. The molecule has 114 valence electrons. The molecule has 1 aliphatic rings. The van der Waals surface area contributed by atoms with Gasteiger partial charge >= 0.3 is 0 Å². The lowest BCUT2D eigenvalue weighted by Crippen LogP contribution is -3.00. The zero-order chi connectivity index (χ0) is 14.8. The SMILES string of the molecule is CC(C)(C)[P+]1(C(C)(C)C)Cc2c1ccc1ccccc21.[Cl-]. The van der Waals surface area contributed by atoms with Gasteiger partial charge in [0.2, 0.25) is 0 Å². The van der Waals surface area contributed by atoms with Crippen LogP contribution in [-0.2, 0) is 6.16 Å². The van der Waals surface area contributed by atoms with E-state index in [0.29, 0.717) is 10.3 Å². The molecule has 1 aliphatic heterocycles. The smallest absolute Gasteiger partial charge is 0.103 e. The maximum absolute atomic E-state index is 2.45. The van der Waals surface area contributed by atoms with Crippen molar-refractivity contribution in [1.82, 2.24) is 0 Å². The molecule has 0 N–H and O–H groups in total. The van der Waals surface area contributed by atoms with E-state index in [-0.39, 0.29) is 12.4 Å². The monoisotopic (exact) mass is 320 g/mol. The summed E-state index contributed by atoms with van der Waals surface area (Å²) in [7, 11) is -1.13. The molecule has 3 rings (SSSR count). The van der Waals surface area contributed by atoms with Crippen LogP contribution in [-0.4, -0.2) is 10.3 Å². The Balaban J connectivity index is 0.00000161. The van der Waals surface area contributed by atoms with E-state index in [0.717, 1.165) is 0 Å². The lowest BCUT2D eigenvalue weighted by Gasteiger charge is -2.53. The van der Waals surface area contributed by atoms with Gasteiger partial charge < -0.3 is 12.4 Å². The van der Waals surface area contributed by atoms with Gasteiger partial charge in [-0.3, -0.25) is 0 Å². The highest BCUT2D eigenvalue weighted by atomic mass is 35.5. The highest BCUT2D eigenvalue weighted by Gasteiger charge is 2.65. The van der Waals surface area contributed by atoms with Crippen molar-refractivity contribution in [2.45, 2.75) is 58.0 Å². The molecule has 0 spiro atoms. The van der Waals surface area contributed by atoms with E-state index in [4.69, 9.17) is 0 Å². The summed E-state index contributed by atoms with van der Waals surface area (Å²) >= 11 is 0. The van der Waals surface area contributed by atoms with E-state index in [9.17, 15) is 0 Å². The van der Waals surface area contributed by atoms with Gasteiger partial charge in [-0.15, -0.1) is 0 Å². The van der Waals surface area contributed by atoms with Crippen LogP contribution in [0, 0.1) is 0 Å². The first-order valence-corrected chi connectivity index (χ1v) is 9.55. The third-order valence-corrected chi connectivity index (χ3v) is 11.7. The van der Waals surface area contributed by atoms with Gasteiger partial charge in [0.25, 0.3) is 0 Å². The van der Waals surface area contributed by atoms with Gasteiger partial charge in [-0.1, -0.05) is 30.3 Å². The Kier molecular flexibility index (Phi) is 3.97. The summed E-state index contributed by atoms with van der Waals surface area (Å²) in [4.78, 5) is 0. The van der Waals surface area contributed by atoms with Gasteiger partial charge in [0.05, 0.1) is 23.7 Å². The number of halogens is 1. The van der Waals surface area contributed by atoms with Crippen molar-refractivity contribution in [3.8, 4) is 0 Å². The topological polar surface area (TPSA) is 0 Å². The summed E-state index contributed by atoms with van der Waals surface area (Å²) in [6.45, 7) is 14.7. The molecule has 0 radical (unpaired) electrons. The van der Waals surface area contributed by atoms with Gasteiger partial charge in [-0.2, -0.15) is 0 Å². The van der Waals surface area contributed by atoms with E-state index in [1.54, 1.807) is 10.9 Å². The molecule has 0 nitrogen and oxygen atoms in total. The Bertz CT molecular complexity index is 660. The van der Waals surface area contributed by atoms with E-state index < -0.39 is 7.26 Å². The summed E-state index contributed by atoms with van der Waals surface area (Å²) in [6.07, 6.45) is 1.32. The summed E-state index contributed by atoms with van der Waals surface area (Å²) in [5, 5.41) is 5.35. The molecule has 0 aliphatic carbocycles. The van der Waals surface area contributed by atoms with Gasteiger partial charge in [0, 0.05) is 5.56 Å². The molecule has 2 aromatic carbocycles. The normalized spacial score (nSPS) is 16.9. The Hall–Kier alpha value is -0.580. The summed E-state index contributed by atoms with van der Waals surface area (Å²) in [6, 6.07) is 13.6. The molecule has 1 heterocycles. The van der Waals surface area contributed by atoms with Crippen LogP contribution in [0.3, 0.4) is 0 Å². The van der Waals surface area contributed by atoms with E-state index >= 15 is 0 Å². The lowest BCUT2D eigenvalue weighted by atomic mass is 10.1. The van der Waals surface area contributed by atoms with Crippen molar-refractivity contribution in [2.24, 2.45) is 0 Å². The minimum atomic E-state index is -1.13. The molecule has 0 saturated carbocycles. The maximum atomic E-state index is 2.45. The first-order valence-electron chi connectivity index (χ1n) is 7.58. The van der Waals surface area contributed by atoms with Crippen molar-refractivity contribution in [2.75, 3.05) is 0 Å². The summed E-state index contributed by atoms with van der Waals surface area (Å²) in [5.41, 5.74) is 1.63. The van der Waals surface area contributed by atoms with Crippen LogP contribution in [0.15, 0.2) is 36.4 Å². The van der Waals surface area contributed by atoms with Crippen molar-refractivity contribution in [3.05, 3.63) is 42.0 Å². The van der Waals surface area contributed by atoms with Gasteiger partial charge in [-0.05, 0) is 58.4 Å². The van der Waals surface area contributed by atoms with Gasteiger partial charge in [0.15, 0.2) is 0 Å². The quantitative estimate of drug-likeness (QED) is 0.655. The van der Waals surface area contributed by atoms with Crippen LogP contribution in [0.5, 0.6) is 0 Å². The zero-order valence-corrected chi connectivity index (χ0v) is 15.6. The zero-order valence-electron chi connectivity index (χ0n) is 14.0. The largest absolute Gasteiger partial charge is 1.00 e. The second kappa shape index (κ2) is 4.97. The number of benzene rings is 2. The second-order valence-corrected chi connectivity index (χ2v) is 13.2. The molecule has 0 aromatic heterocycles. The van der Waals surface area contributed by atoms with E-state index in [1.807, 2.05) is 0 Å². The predicted molar refractivity (Wildman–Crippen MR) is 93.7 cm³/mol. The maximum Gasteiger partial charge on any atom is 0.103 e. The fourth-order valence-electron chi connectivity index (χ4n) is 4.28. The Morgan fingerprint density at radius 1 is 0.810 bits per heavy atom. The fraction of sp³-hybridized carbons (Fsp3) is 0.474. The van der Waals surface area contributed by atoms with Crippen LogP contribution in [0.1, 0.15) is 47.1 Å². The molecule has 2 heteroatoms. The predicted octanol–water partition coefficient (Wildman–Crippen LogP) is 2.60. The lowest BCUT2D eigenvalue weighted by molar-refractivity contribution is -0.00000470. The average molecular weight is 321 g/mol. The van der Waals surface area contributed by atoms with Crippen LogP contribution >= 0.6 is 7.26 Å². The molecule has 0 fully saturated rings. The summed E-state index contributed by atoms with van der Waals surface area (Å²) < 4.78 is 0. The third kappa shape index (κ3) is 2.14. The molecule has 0 bridgehead atoms. The van der Waals surface area contributed by atoms with Gasteiger partial charge in [-0.25, -0.2) is 0 Å². The van der Waals surface area contributed by atoms with Gasteiger partial charge in [0.1, 0.15) is 5.30 Å². The van der Waals surface area contributed by atoms with Crippen LogP contribution in [0.2, 0.25) is 0 Å². The van der Waals surface area contributed by atoms with E-state index in [2.05, 4.69) is 77.9 Å². The van der Waals surface area contributed by atoms with E-state index in [1.165, 1.54) is 16.9 Å². The summed E-state index contributed by atoms with van der Waals surface area (Å²) in [5.74, 6) is 0. The van der Waals surface area contributed by atoms with Crippen molar-refractivity contribution < 1.29 is 12.4 Å². The molecule has 0 atom stereocenters. The van der Waals surface area contributed by atoms with Crippen molar-refractivity contribution in [1.29, 1.82) is 0 Å². The minimum Gasteiger partial charge on any atom is -1.00 e. The molecule has 21 heavy (non-hydrogen) atoms. The highest BCUT2D eigenvalue weighted by Crippen LogP contribution is 2.82. The molecule has 2 aromatic rings. The Morgan fingerprint density at radius 3 is 1.95 bits per heavy atom. The first-order chi connectivity index (χ1) is 9.18. The third-order valence-electron chi connectivity index (χ3n) is 5.11. The Morgan fingerprint density at radius 2 is 1.38 bits per heavy atom. The molecule has 0 saturated heterocycles. The number of fused-ring (bicyclic) bond motifs is 3. The number of hydrogen-bond donors (Lipinski definition) is 0. The fourth-order valence-corrected chi connectivity index (χ4v) is 10.4. The highest BCUT2D eigenvalue weighted by molar-refractivity contribution is 7.86. The van der Waals surface area contributed by atoms with Crippen molar-refractivity contribution in [3.63, 3.8) is 0 Å². The Labute approximate surface area is 136 Å². The molecular formula is C19H26ClP. The van der Waals surface area contributed by atoms with Crippen LogP contribution in [0.4, 0.5) is 0 Å². The van der Waals surface area contributed by atoms with Crippen LogP contribution < -0.4 is 17.7 Å². The number of rotatable bonds is 0. The molecular weight excluding hydrogens is 295 g/mol. The standard InChI is InChI=1S/C19H26P.ClH/c1-18(2,3)20(19(4,5)6)13-16-15-10-8-7-9-14(15)11-12-17(16)20;/h7-12H,13H2,1-6H3;1H/q+1;/p-1.